The van der Waals surface area contributed by atoms with Crippen LogP contribution in [-0.4, -0.2) is 16.8 Å². The largest absolute Gasteiger partial charge is 0.497 e. The molecule has 3 aromatic rings. The quantitative estimate of drug-likeness (QED) is 0.618. The van der Waals surface area contributed by atoms with Crippen molar-refractivity contribution in [2.45, 2.75) is 20.4 Å². The zero-order chi connectivity index (χ0) is 19.5. The number of methoxy groups -OCH3 is 1. The molecule has 0 saturated heterocycles. The molecule has 0 spiro atoms. The van der Waals surface area contributed by atoms with E-state index in [-0.39, 0.29) is 0 Å². The molecule has 0 fully saturated rings. The van der Waals surface area contributed by atoms with Crippen molar-refractivity contribution in [1.82, 2.24) is 15.4 Å². The molecule has 0 radical (unpaired) electrons. The fourth-order valence-electron chi connectivity index (χ4n) is 3.13. The molecule has 1 aliphatic rings. The van der Waals surface area contributed by atoms with Crippen molar-refractivity contribution in [3.63, 3.8) is 0 Å². The molecule has 1 aromatic carbocycles. The number of benzene rings is 1. The number of nitrogens with zero attached hydrogens (tertiary/aromatic N) is 2. The van der Waals surface area contributed by atoms with Crippen molar-refractivity contribution >= 4 is 39.7 Å². The first-order valence-corrected chi connectivity index (χ1v) is 10.7. The Kier molecular flexibility index (Phi) is 5.45. The van der Waals surface area contributed by atoms with Crippen molar-refractivity contribution in [3.8, 4) is 5.75 Å². The Morgan fingerprint density at radius 3 is 2.57 bits per heavy atom. The van der Waals surface area contributed by atoms with Crippen LogP contribution in [0.15, 0.2) is 58.2 Å². The van der Waals surface area contributed by atoms with E-state index in [1.54, 1.807) is 30.2 Å². The molecule has 2 N–H and O–H groups in total. The molecule has 5 nitrogen and oxygen atoms in total. The zero-order valence-corrected chi connectivity index (χ0v) is 17.7. The molecule has 0 amide bonds. The number of hydrogen-bond donors (Lipinski definition) is 2. The summed E-state index contributed by atoms with van der Waals surface area (Å²) in [6, 6.07) is 14.2. The summed E-state index contributed by atoms with van der Waals surface area (Å²) in [6.45, 7) is 5.24. The topological polar surface area (TPSA) is 50.6 Å². The predicted octanol–water partition coefficient (Wildman–Crippen LogP) is 5.05. The van der Waals surface area contributed by atoms with E-state index in [0.717, 1.165) is 28.8 Å². The molecule has 28 heavy (non-hydrogen) atoms. The highest BCUT2D eigenvalue weighted by atomic mass is 32.2. The maximum Gasteiger partial charge on any atom is 0.184 e. The molecule has 0 unspecified atom stereocenters. The lowest BCUT2D eigenvalue weighted by Gasteiger charge is -2.19. The molecule has 7 heteroatoms. The maximum absolute atomic E-state index is 5.19. The third kappa shape index (κ3) is 3.95. The molecule has 4 rings (SSSR count). The van der Waals surface area contributed by atoms with Crippen LogP contribution >= 0.6 is 23.1 Å². The molecule has 0 atom stereocenters. The van der Waals surface area contributed by atoms with Gasteiger partial charge in [-0.1, -0.05) is 17.8 Å². The van der Waals surface area contributed by atoms with Gasteiger partial charge in [-0.2, -0.15) is 0 Å². The monoisotopic (exact) mass is 410 g/mol. The number of hydrogen-bond acceptors (Lipinski definition) is 5. The van der Waals surface area contributed by atoms with Crippen molar-refractivity contribution in [2.24, 2.45) is 4.99 Å². The van der Waals surface area contributed by atoms with Crippen LogP contribution in [0.4, 0.5) is 5.69 Å². The number of aromatic nitrogens is 1. The van der Waals surface area contributed by atoms with Gasteiger partial charge < -0.3 is 9.30 Å². The van der Waals surface area contributed by atoms with E-state index in [2.05, 4.69) is 63.2 Å². The normalized spacial score (nSPS) is 15.1. The third-order valence-corrected chi connectivity index (χ3v) is 6.28. The van der Waals surface area contributed by atoms with E-state index in [0.29, 0.717) is 0 Å². The molecule has 1 aliphatic heterocycles. The average Bonchev–Trinajstić information content (AvgIpc) is 3.33. The van der Waals surface area contributed by atoms with Crippen LogP contribution in [0.3, 0.4) is 0 Å². The Hall–Kier alpha value is -2.64. The second-order valence-corrected chi connectivity index (χ2v) is 8.36. The van der Waals surface area contributed by atoms with Crippen LogP contribution in [-0.2, 0) is 6.54 Å². The first-order valence-electron chi connectivity index (χ1n) is 8.95. The fourth-order valence-corrected chi connectivity index (χ4v) is 4.51. The van der Waals surface area contributed by atoms with Crippen molar-refractivity contribution < 1.29 is 4.74 Å². The van der Waals surface area contributed by atoms with Crippen molar-refractivity contribution in [3.05, 3.63) is 75.1 Å². The van der Waals surface area contributed by atoms with E-state index >= 15 is 0 Å². The lowest BCUT2D eigenvalue weighted by molar-refractivity contribution is 0.415. The first-order chi connectivity index (χ1) is 13.6. The van der Waals surface area contributed by atoms with E-state index < -0.39 is 0 Å². The van der Waals surface area contributed by atoms with Gasteiger partial charge in [-0.15, -0.1) is 11.3 Å². The highest BCUT2D eigenvalue weighted by Crippen LogP contribution is 2.28. The lowest BCUT2D eigenvalue weighted by atomic mass is 10.2. The summed E-state index contributed by atoms with van der Waals surface area (Å²) in [5, 5.41) is 5.04. The minimum atomic E-state index is 0.807. The van der Waals surface area contributed by atoms with Gasteiger partial charge in [-0.25, -0.2) is 4.99 Å². The molecule has 0 saturated carbocycles. The molecule has 2 aromatic heterocycles. The Balaban J connectivity index is 1.51. The number of rotatable bonds is 5. The molecule has 144 valence electrons. The van der Waals surface area contributed by atoms with Crippen LogP contribution in [0, 0.1) is 13.8 Å². The van der Waals surface area contributed by atoms with Gasteiger partial charge in [0.05, 0.1) is 25.0 Å². The maximum atomic E-state index is 5.19. The smallest absolute Gasteiger partial charge is 0.184 e. The molecular formula is C21H22N4OS2. The number of amidine groups is 1. The summed E-state index contributed by atoms with van der Waals surface area (Å²) in [6.07, 6.45) is 0. The number of hydrazine groups is 1. The van der Waals surface area contributed by atoms with Gasteiger partial charge in [0.2, 0.25) is 0 Å². The van der Waals surface area contributed by atoms with Crippen LogP contribution in [0.5, 0.6) is 5.75 Å². The number of aryl methyl sites for hydroxylation is 1. The van der Waals surface area contributed by atoms with Gasteiger partial charge in [0.1, 0.15) is 5.75 Å². The fraction of sp³-hybridized carbons (Fsp3) is 0.190. The van der Waals surface area contributed by atoms with Crippen LogP contribution in [0.2, 0.25) is 0 Å². The minimum absolute atomic E-state index is 0.807. The van der Waals surface area contributed by atoms with E-state index in [9.17, 15) is 0 Å². The number of thioether (sulfide) groups is 1. The highest BCUT2D eigenvalue weighted by Gasteiger charge is 2.17. The molecule has 0 bridgehead atoms. The number of thiophene rings is 1. The Bertz CT molecular complexity index is 1020. The SMILES string of the molecule is COc1ccc(N=C2NNC(c3cc(C)n(Cc4cccs4)c3C)=CS2)cc1. The number of ether oxygens (including phenoxy) is 1. The van der Waals surface area contributed by atoms with Crippen molar-refractivity contribution in [1.29, 1.82) is 0 Å². The van der Waals surface area contributed by atoms with E-state index in [1.807, 2.05) is 24.3 Å². The second-order valence-electron chi connectivity index (χ2n) is 6.46. The van der Waals surface area contributed by atoms with Crippen molar-refractivity contribution in [2.75, 3.05) is 7.11 Å². The lowest BCUT2D eigenvalue weighted by Crippen LogP contribution is -2.36. The predicted molar refractivity (Wildman–Crippen MR) is 119 cm³/mol. The summed E-state index contributed by atoms with van der Waals surface area (Å²) in [5.41, 5.74) is 12.1. The minimum Gasteiger partial charge on any atom is -0.497 e. The zero-order valence-electron chi connectivity index (χ0n) is 16.0. The summed E-state index contributed by atoms with van der Waals surface area (Å²) in [7, 11) is 1.66. The van der Waals surface area contributed by atoms with Gasteiger partial charge in [0.15, 0.2) is 5.17 Å². The Morgan fingerprint density at radius 2 is 1.93 bits per heavy atom. The molecular weight excluding hydrogens is 388 g/mol. The summed E-state index contributed by atoms with van der Waals surface area (Å²) in [5.74, 6) is 0.825. The molecule has 3 heterocycles. The van der Waals surface area contributed by atoms with Crippen LogP contribution in [0.25, 0.3) is 5.70 Å². The van der Waals surface area contributed by atoms with E-state index in [4.69, 9.17) is 4.74 Å². The van der Waals surface area contributed by atoms with Gasteiger partial charge in [-0.05, 0) is 55.6 Å². The standard InChI is InChI=1S/C21H22N4OS2/c1-14-11-19(15(2)25(14)12-18-5-4-10-27-18)20-13-28-21(24-23-20)22-16-6-8-17(26-3)9-7-16/h4-11,13,23H,12H2,1-3H3,(H,22,24). The van der Waals surface area contributed by atoms with Gasteiger partial charge in [-0.3, -0.25) is 10.9 Å². The third-order valence-electron chi connectivity index (χ3n) is 4.65. The number of aliphatic imine (C=N–C) groups is 1. The van der Waals surface area contributed by atoms with Gasteiger partial charge in [0.25, 0.3) is 0 Å². The van der Waals surface area contributed by atoms with E-state index in [1.165, 1.54) is 21.8 Å². The summed E-state index contributed by atoms with van der Waals surface area (Å²) >= 11 is 3.37. The van der Waals surface area contributed by atoms with Gasteiger partial charge in [0, 0.05) is 27.2 Å². The Morgan fingerprint density at radius 1 is 1.11 bits per heavy atom. The summed E-state index contributed by atoms with van der Waals surface area (Å²) < 4.78 is 7.54. The van der Waals surface area contributed by atoms with Crippen LogP contribution < -0.4 is 15.6 Å². The highest BCUT2D eigenvalue weighted by molar-refractivity contribution is 8.16. The molecule has 0 aliphatic carbocycles. The Labute approximate surface area is 173 Å². The number of nitrogens with one attached hydrogen (secondary N) is 2. The summed E-state index contributed by atoms with van der Waals surface area (Å²) in [4.78, 5) is 5.98. The average molecular weight is 411 g/mol. The first kappa shape index (κ1) is 18.7. The van der Waals surface area contributed by atoms with Gasteiger partial charge >= 0.3 is 0 Å². The second kappa shape index (κ2) is 8.16. The van der Waals surface area contributed by atoms with Crippen LogP contribution in [0.1, 0.15) is 21.8 Å².